The van der Waals surface area contributed by atoms with Gasteiger partial charge in [-0.3, -0.25) is 0 Å². The Kier molecular flexibility index (Phi) is 4.62. The molecule has 6 heteroatoms. The fourth-order valence-electron chi connectivity index (χ4n) is 3.78. The number of likely N-dealkylation sites (N-methyl/N-ethyl adjacent to an activating group) is 1. The number of hydrogen-bond acceptors (Lipinski definition) is 6. The molecule has 4 aliphatic heterocycles. The number of benzene rings is 1. The molecule has 0 aliphatic carbocycles. The van der Waals surface area contributed by atoms with Crippen LogP contribution >= 0.6 is 0 Å². The zero-order valence-electron chi connectivity index (χ0n) is 14.6. The number of nitrogens with zero attached hydrogens (tertiary/aromatic N) is 3. The molecule has 1 aromatic carbocycles. The minimum Gasteiger partial charge on any atom is -0.368 e. The fourth-order valence-corrected chi connectivity index (χ4v) is 3.78. The summed E-state index contributed by atoms with van der Waals surface area (Å²) in [7, 11) is 2.07. The molecule has 2 bridgehead atoms. The normalized spacial score (nSPS) is 29.2. The van der Waals surface area contributed by atoms with Crippen LogP contribution in [0.2, 0.25) is 0 Å². The maximum absolute atomic E-state index is 9.39. The molecule has 0 spiro atoms. The van der Waals surface area contributed by atoms with Crippen molar-refractivity contribution in [3.05, 3.63) is 47.3 Å². The van der Waals surface area contributed by atoms with Crippen molar-refractivity contribution in [2.24, 2.45) is 0 Å². The fraction of sp³-hybridized carbons (Fsp3) is 0.526. The molecule has 3 atom stereocenters. The van der Waals surface area contributed by atoms with Crippen LogP contribution in [0.15, 0.2) is 36.2 Å². The summed E-state index contributed by atoms with van der Waals surface area (Å²) >= 11 is 0. The summed E-state index contributed by atoms with van der Waals surface area (Å²) < 4.78 is 5.93. The minimum absolute atomic E-state index is 0.0497. The number of ether oxygens (including phenoxy) is 1. The lowest BCUT2D eigenvalue weighted by atomic mass is 10.1. The van der Waals surface area contributed by atoms with Gasteiger partial charge in [0.05, 0.1) is 11.6 Å². The molecule has 2 saturated heterocycles. The van der Waals surface area contributed by atoms with Crippen LogP contribution in [0, 0.1) is 11.3 Å². The van der Waals surface area contributed by atoms with Gasteiger partial charge in [-0.05, 0) is 44.1 Å². The summed E-state index contributed by atoms with van der Waals surface area (Å²) in [5.41, 5.74) is 1.75. The molecule has 1 aromatic rings. The van der Waals surface area contributed by atoms with E-state index in [4.69, 9.17) is 4.74 Å². The van der Waals surface area contributed by atoms with Gasteiger partial charge in [-0.15, -0.1) is 0 Å². The Bertz CT molecular complexity index is 689. The Labute approximate surface area is 149 Å². The number of nitrogens with one attached hydrogen (secondary N) is 2. The molecule has 3 unspecified atom stereocenters. The molecular weight excluding hydrogens is 314 g/mol. The standard InChI is InChI=1S/C19H25N5O/c1-23-18-10-17(22-16-8-4-5-9-21-12-16)24(19(23)25-18)13-15-7-3-2-6-14(15)11-20/h2-3,6-7,10,16,18-19,21-22H,4-5,8-9,12-13H2,1H3. The Morgan fingerprint density at radius 1 is 1.36 bits per heavy atom. The van der Waals surface area contributed by atoms with Crippen molar-refractivity contribution < 1.29 is 4.74 Å². The van der Waals surface area contributed by atoms with Gasteiger partial charge in [0.1, 0.15) is 12.0 Å². The largest absolute Gasteiger partial charge is 0.368 e. The van der Waals surface area contributed by atoms with E-state index >= 15 is 0 Å². The van der Waals surface area contributed by atoms with E-state index < -0.39 is 0 Å². The summed E-state index contributed by atoms with van der Waals surface area (Å²) in [6.45, 7) is 2.75. The molecule has 4 heterocycles. The SMILES string of the molecule is CN1C2C=C(NC3CCCCNC3)N(Cc3ccccc3C#N)C1O2. The van der Waals surface area contributed by atoms with Crippen LogP contribution in [0.4, 0.5) is 0 Å². The van der Waals surface area contributed by atoms with E-state index in [0.717, 1.165) is 30.0 Å². The highest BCUT2D eigenvalue weighted by atomic mass is 16.6. The lowest BCUT2D eigenvalue weighted by Crippen LogP contribution is -2.67. The molecule has 132 valence electrons. The van der Waals surface area contributed by atoms with Crippen molar-refractivity contribution in [3.8, 4) is 6.07 Å². The molecule has 2 N–H and O–H groups in total. The first-order chi connectivity index (χ1) is 12.3. The summed E-state index contributed by atoms with van der Waals surface area (Å²) in [5, 5.41) is 16.6. The number of rotatable bonds is 4. The van der Waals surface area contributed by atoms with Crippen molar-refractivity contribution in [3.63, 3.8) is 0 Å². The highest BCUT2D eigenvalue weighted by molar-refractivity contribution is 5.37. The topological polar surface area (TPSA) is 63.6 Å². The van der Waals surface area contributed by atoms with Gasteiger partial charge in [0.2, 0.25) is 0 Å². The van der Waals surface area contributed by atoms with Gasteiger partial charge in [-0.2, -0.15) is 5.26 Å². The van der Waals surface area contributed by atoms with Gasteiger partial charge >= 0.3 is 0 Å². The van der Waals surface area contributed by atoms with Crippen molar-refractivity contribution in [2.45, 2.75) is 44.4 Å². The van der Waals surface area contributed by atoms with Gasteiger partial charge < -0.3 is 20.3 Å². The molecule has 2 fully saturated rings. The Hall–Kier alpha value is -2.07. The van der Waals surface area contributed by atoms with Crippen LogP contribution in [0.1, 0.15) is 30.4 Å². The zero-order valence-corrected chi connectivity index (χ0v) is 14.6. The first-order valence-electron chi connectivity index (χ1n) is 9.07. The smallest absolute Gasteiger partial charge is 0.194 e. The van der Waals surface area contributed by atoms with Crippen LogP contribution in [0.5, 0.6) is 0 Å². The average molecular weight is 339 g/mol. The van der Waals surface area contributed by atoms with E-state index in [2.05, 4.69) is 39.6 Å². The highest BCUT2D eigenvalue weighted by Crippen LogP contribution is 2.34. The van der Waals surface area contributed by atoms with E-state index in [9.17, 15) is 5.26 Å². The van der Waals surface area contributed by atoms with Crippen molar-refractivity contribution in [1.82, 2.24) is 20.4 Å². The predicted octanol–water partition coefficient (Wildman–Crippen LogP) is 1.52. The quantitative estimate of drug-likeness (QED) is 0.867. The third-order valence-corrected chi connectivity index (χ3v) is 5.26. The monoisotopic (exact) mass is 339 g/mol. The van der Waals surface area contributed by atoms with Gasteiger partial charge in [-0.1, -0.05) is 24.6 Å². The molecule has 0 aromatic heterocycles. The number of nitriles is 1. The molecule has 0 saturated carbocycles. The van der Waals surface area contributed by atoms with E-state index in [-0.39, 0.29) is 12.6 Å². The Balaban J connectivity index is 1.54. The third-order valence-electron chi connectivity index (χ3n) is 5.26. The average Bonchev–Trinajstić information content (AvgIpc) is 2.91. The predicted molar refractivity (Wildman–Crippen MR) is 94.9 cm³/mol. The van der Waals surface area contributed by atoms with Crippen LogP contribution in [-0.4, -0.2) is 48.6 Å². The summed E-state index contributed by atoms with van der Waals surface area (Å²) in [5.74, 6) is 1.13. The first-order valence-corrected chi connectivity index (χ1v) is 9.07. The molecule has 6 nitrogen and oxygen atoms in total. The maximum Gasteiger partial charge on any atom is 0.194 e. The summed E-state index contributed by atoms with van der Waals surface area (Å²) in [6, 6.07) is 10.5. The van der Waals surface area contributed by atoms with Crippen molar-refractivity contribution in [2.75, 3.05) is 20.1 Å². The zero-order chi connectivity index (χ0) is 17.2. The highest BCUT2D eigenvalue weighted by Gasteiger charge is 2.45. The second kappa shape index (κ2) is 7.04. The summed E-state index contributed by atoms with van der Waals surface area (Å²) in [4.78, 5) is 4.42. The lowest BCUT2D eigenvalue weighted by Gasteiger charge is -2.55. The van der Waals surface area contributed by atoms with E-state index in [1.807, 2.05) is 24.3 Å². The summed E-state index contributed by atoms with van der Waals surface area (Å²) in [6.07, 6.45) is 5.81. The molecule has 0 amide bonds. The van der Waals surface area contributed by atoms with Crippen molar-refractivity contribution >= 4 is 0 Å². The second-order valence-electron chi connectivity index (χ2n) is 7.01. The van der Waals surface area contributed by atoms with Crippen LogP contribution in [0.25, 0.3) is 0 Å². The molecule has 4 aliphatic rings. The van der Waals surface area contributed by atoms with Crippen LogP contribution in [-0.2, 0) is 11.3 Å². The van der Waals surface area contributed by atoms with E-state index in [1.54, 1.807) is 0 Å². The second-order valence-corrected chi connectivity index (χ2v) is 7.01. The Morgan fingerprint density at radius 2 is 2.24 bits per heavy atom. The molecular formula is C19H25N5O. The number of hydrogen-bond donors (Lipinski definition) is 2. The maximum atomic E-state index is 9.39. The third kappa shape index (κ3) is 3.23. The van der Waals surface area contributed by atoms with Gasteiger partial charge in [-0.25, -0.2) is 4.90 Å². The van der Waals surface area contributed by atoms with E-state index in [1.165, 1.54) is 19.3 Å². The van der Waals surface area contributed by atoms with Gasteiger partial charge in [0, 0.05) is 19.1 Å². The molecule has 5 rings (SSSR count). The first kappa shape index (κ1) is 16.4. The van der Waals surface area contributed by atoms with Crippen molar-refractivity contribution in [1.29, 1.82) is 5.26 Å². The van der Waals surface area contributed by atoms with Gasteiger partial charge in [0.15, 0.2) is 6.35 Å². The number of fused-ring (bicyclic) bond motifs is 1. The van der Waals surface area contributed by atoms with E-state index in [0.29, 0.717) is 12.6 Å². The molecule has 0 radical (unpaired) electrons. The van der Waals surface area contributed by atoms with Crippen LogP contribution in [0.3, 0.4) is 0 Å². The molecule has 25 heavy (non-hydrogen) atoms. The van der Waals surface area contributed by atoms with Crippen LogP contribution < -0.4 is 10.6 Å². The Morgan fingerprint density at radius 3 is 3.08 bits per heavy atom. The lowest BCUT2D eigenvalue weighted by molar-refractivity contribution is -0.319. The minimum atomic E-state index is -0.0667. The van der Waals surface area contributed by atoms with Gasteiger partial charge in [0.25, 0.3) is 0 Å².